The van der Waals surface area contributed by atoms with Crippen LogP contribution in [0.4, 0.5) is 0 Å². The first-order valence-corrected chi connectivity index (χ1v) is 10.6. The van der Waals surface area contributed by atoms with Gasteiger partial charge in [-0.05, 0) is 36.3 Å². The predicted molar refractivity (Wildman–Crippen MR) is 116 cm³/mol. The third kappa shape index (κ3) is 3.69. The smallest absolute Gasteiger partial charge is 0.274 e. The molecule has 0 atom stereocenters. The van der Waals surface area contributed by atoms with Crippen LogP contribution in [0.15, 0.2) is 47.0 Å². The number of hydrogen-bond donors (Lipinski definition) is 1. The molecule has 3 aromatic heterocycles. The quantitative estimate of drug-likeness (QED) is 0.536. The van der Waals surface area contributed by atoms with Crippen LogP contribution in [-0.2, 0) is 0 Å². The van der Waals surface area contributed by atoms with E-state index in [-0.39, 0.29) is 11.8 Å². The molecule has 1 amide bonds. The van der Waals surface area contributed by atoms with E-state index in [0.29, 0.717) is 42.2 Å². The monoisotopic (exact) mass is 416 g/mol. The molecule has 1 N–H and O–H groups in total. The van der Waals surface area contributed by atoms with Crippen LogP contribution in [0.1, 0.15) is 60.6 Å². The van der Waals surface area contributed by atoms with Crippen LogP contribution in [0.25, 0.3) is 22.4 Å². The predicted octanol–water partition coefficient (Wildman–Crippen LogP) is 4.15. The Morgan fingerprint density at radius 3 is 2.74 bits per heavy atom. The van der Waals surface area contributed by atoms with Gasteiger partial charge in [0.05, 0.1) is 0 Å². The summed E-state index contributed by atoms with van der Waals surface area (Å²) in [5.41, 5.74) is 2.15. The van der Waals surface area contributed by atoms with Gasteiger partial charge in [0.25, 0.3) is 11.8 Å². The Kier molecular flexibility index (Phi) is 4.97. The molecule has 4 aromatic rings. The molecule has 158 valence electrons. The summed E-state index contributed by atoms with van der Waals surface area (Å²) in [5, 5.41) is 17.8. The van der Waals surface area contributed by atoms with Crippen molar-refractivity contribution in [2.75, 3.05) is 13.1 Å². The van der Waals surface area contributed by atoms with Crippen molar-refractivity contribution in [2.24, 2.45) is 0 Å². The largest absolute Gasteiger partial charge is 0.419 e. The van der Waals surface area contributed by atoms with E-state index >= 15 is 0 Å². The standard InChI is InChI=1S/C23H24N6O2/c1-14(2)18-13-19(26-25-18)23(30)29-11-8-16(9-12-29)21-27-28-22(31-21)20-17-6-4-3-5-15(17)7-10-24-20/h3-7,10,13-14,16H,8-9,11-12H2,1-2H3,(H,25,26). The number of carbonyl (C=O) groups excluding carboxylic acids is 1. The lowest BCUT2D eigenvalue weighted by atomic mass is 9.96. The summed E-state index contributed by atoms with van der Waals surface area (Å²) in [6.07, 6.45) is 3.31. The van der Waals surface area contributed by atoms with Crippen molar-refractivity contribution >= 4 is 16.7 Å². The molecule has 1 aliphatic rings. The highest BCUT2D eigenvalue weighted by molar-refractivity contribution is 5.93. The Labute approximate surface area is 179 Å². The third-order valence-corrected chi connectivity index (χ3v) is 5.89. The number of benzene rings is 1. The fraction of sp³-hybridized carbons (Fsp3) is 0.348. The van der Waals surface area contributed by atoms with Crippen LogP contribution < -0.4 is 0 Å². The first-order valence-electron chi connectivity index (χ1n) is 10.6. The number of amides is 1. The summed E-state index contributed by atoms with van der Waals surface area (Å²) in [6, 6.07) is 11.8. The number of aromatic amines is 1. The lowest BCUT2D eigenvalue weighted by molar-refractivity contribution is 0.0700. The fourth-order valence-corrected chi connectivity index (χ4v) is 4.02. The Hall–Kier alpha value is -3.55. The maximum atomic E-state index is 12.8. The topological polar surface area (TPSA) is 101 Å². The maximum absolute atomic E-state index is 12.8. The number of likely N-dealkylation sites (tertiary alicyclic amines) is 1. The van der Waals surface area contributed by atoms with Gasteiger partial charge in [-0.2, -0.15) is 5.10 Å². The van der Waals surface area contributed by atoms with E-state index < -0.39 is 0 Å². The van der Waals surface area contributed by atoms with Gasteiger partial charge in [-0.3, -0.25) is 14.9 Å². The number of H-pyrrole nitrogens is 1. The van der Waals surface area contributed by atoms with E-state index in [1.165, 1.54) is 0 Å². The maximum Gasteiger partial charge on any atom is 0.274 e. The van der Waals surface area contributed by atoms with Crippen molar-refractivity contribution < 1.29 is 9.21 Å². The minimum Gasteiger partial charge on any atom is -0.419 e. The summed E-state index contributed by atoms with van der Waals surface area (Å²) in [7, 11) is 0. The summed E-state index contributed by atoms with van der Waals surface area (Å²) < 4.78 is 6.02. The highest BCUT2D eigenvalue weighted by atomic mass is 16.4. The van der Waals surface area contributed by atoms with Crippen LogP contribution in [-0.4, -0.2) is 49.3 Å². The summed E-state index contributed by atoms with van der Waals surface area (Å²) in [5.74, 6) is 1.45. The van der Waals surface area contributed by atoms with Gasteiger partial charge < -0.3 is 9.32 Å². The molecule has 8 nitrogen and oxygen atoms in total. The van der Waals surface area contributed by atoms with Gasteiger partial charge in [0.1, 0.15) is 11.4 Å². The van der Waals surface area contributed by atoms with E-state index in [9.17, 15) is 4.79 Å². The molecule has 0 saturated carbocycles. The van der Waals surface area contributed by atoms with Crippen molar-refractivity contribution in [3.63, 3.8) is 0 Å². The Morgan fingerprint density at radius 1 is 1.16 bits per heavy atom. The number of hydrogen-bond acceptors (Lipinski definition) is 6. The van der Waals surface area contributed by atoms with E-state index in [1.54, 1.807) is 6.20 Å². The number of nitrogens with one attached hydrogen (secondary N) is 1. The van der Waals surface area contributed by atoms with E-state index in [0.717, 1.165) is 29.3 Å². The molecule has 0 bridgehead atoms. The van der Waals surface area contributed by atoms with Gasteiger partial charge in [-0.15, -0.1) is 10.2 Å². The molecule has 1 aromatic carbocycles. The number of fused-ring (bicyclic) bond motifs is 1. The van der Waals surface area contributed by atoms with Crippen molar-refractivity contribution in [3.05, 3.63) is 59.9 Å². The van der Waals surface area contributed by atoms with Crippen molar-refractivity contribution in [3.8, 4) is 11.6 Å². The molecule has 31 heavy (non-hydrogen) atoms. The highest BCUT2D eigenvalue weighted by Crippen LogP contribution is 2.31. The molecule has 1 fully saturated rings. The molecule has 8 heteroatoms. The second-order valence-corrected chi connectivity index (χ2v) is 8.26. The van der Waals surface area contributed by atoms with Gasteiger partial charge in [-0.1, -0.05) is 38.1 Å². The lowest BCUT2D eigenvalue weighted by Gasteiger charge is -2.29. The molecule has 1 aliphatic heterocycles. The second kappa shape index (κ2) is 7.94. The van der Waals surface area contributed by atoms with E-state index in [4.69, 9.17) is 4.42 Å². The number of aromatic nitrogens is 5. The number of pyridine rings is 1. The minimum atomic E-state index is -0.0345. The first-order chi connectivity index (χ1) is 15.1. The molecule has 0 radical (unpaired) electrons. The molecule has 1 saturated heterocycles. The van der Waals surface area contributed by atoms with Crippen molar-refractivity contribution in [1.29, 1.82) is 0 Å². The number of carbonyl (C=O) groups is 1. The summed E-state index contributed by atoms with van der Waals surface area (Å²) >= 11 is 0. The summed E-state index contributed by atoms with van der Waals surface area (Å²) in [4.78, 5) is 19.1. The van der Waals surface area contributed by atoms with Gasteiger partial charge in [-0.25, -0.2) is 0 Å². The van der Waals surface area contributed by atoms with Crippen LogP contribution >= 0.6 is 0 Å². The third-order valence-electron chi connectivity index (χ3n) is 5.89. The molecule has 5 rings (SSSR count). The zero-order chi connectivity index (χ0) is 21.4. The Bertz CT molecular complexity index is 1210. The first kappa shape index (κ1) is 19.4. The Balaban J connectivity index is 1.28. The minimum absolute atomic E-state index is 0.0345. The molecule has 4 heterocycles. The van der Waals surface area contributed by atoms with Crippen LogP contribution in [0, 0.1) is 0 Å². The zero-order valence-electron chi connectivity index (χ0n) is 17.6. The number of nitrogens with zero attached hydrogens (tertiary/aromatic N) is 5. The average molecular weight is 416 g/mol. The van der Waals surface area contributed by atoms with E-state index in [2.05, 4.69) is 39.2 Å². The van der Waals surface area contributed by atoms with Gasteiger partial charge in [0.2, 0.25) is 5.89 Å². The number of rotatable bonds is 4. The zero-order valence-corrected chi connectivity index (χ0v) is 17.6. The normalized spacial score (nSPS) is 15.1. The summed E-state index contributed by atoms with van der Waals surface area (Å²) in [6.45, 7) is 5.41. The van der Waals surface area contributed by atoms with Crippen LogP contribution in [0.2, 0.25) is 0 Å². The van der Waals surface area contributed by atoms with Crippen molar-refractivity contribution in [2.45, 2.75) is 38.5 Å². The van der Waals surface area contributed by atoms with Gasteiger partial charge in [0, 0.05) is 36.3 Å². The van der Waals surface area contributed by atoms with Crippen molar-refractivity contribution in [1.82, 2.24) is 30.3 Å². The Morgan fingerprint density at radius 2 is 1.97 bits per heavy atom. The molecular weight excluding hydrogens is 392 g/mol. The van der Waals surface area contributed by atoms with E-state index in [1.807, 2.05) is 41.3 Å². The van der Waals surface area contributed by atoms with Gasteiger partial charge >= 0.3 is 0 Å². The molecule has 0 spiro atoms. The van der Waals surface area contributed by atoms with Crippen LogP contribution in [0.5, 0.6) is 0 Å². The lowest BCUT2D eigenvalue weighted by Crippen LogP contribution is -2.38. The fourth-order valence-electron chi connectivity index (χ4n) is 4.02. The SMILES string of the molecule is CC(C)c1cc(C(=O)N2CCC(c3nnc(-c4nccc5ccccc45)o3)CC2)n[nH]1. The molecular formula is C23H24N6O2. The average Bonchev–Trinajstić information content (AvgIpc) is 3.49. The highest BCUT2D eigenvalue weighted by Gasteiger charge is 2.29. The molecule has 0 aliphatic carbocycles. The second-order valence-electron chi connectivity index (χ2n) is 8.26. The molecule has 0 unspecified atom stereocenters. The number of piperidine rings is 1. The van der Waals surface area contributed by atoms with Gasteiger partial charge in [0.15, 0.2) is 0 Å². The van der Waals surface area contributed by atoms with Crippen LogP contribution in [0.3, 0.4) is 0 Å².